The van der Waals surface area contributed by atoms with Gasteiger partial charge in [0.25, 0.3) is 5.56 Å². The lowest BCUT2D eigenvalue weighted by Crippen LogP contribution is -2.16. The second kappa shape index (κ2) is 7.18. The molecule has 152 valence electrons. The first-order valence-electron chi connectivity index (χ1n) is 9.26. The van der Waals surface area contributed by atoms with Crippen molar-refractivity contribution < 1.29 is 19.0 Å². The van der Waals surface area contributed by atoms with Gasteiger partial charge in [0.15, 0.2) is 0 Å². The summed E-state index contributed by atoms with van der Waals surface area (Å²) in [6.07, 6.45) is 1.65. The van der Waals surface area contributed by atoms with Crippen molar-refractivity contribution in [2.75, 3.05) is 0 Å². The number of aromatic amines is 1. The molecule has 0 amide bonds. The van der Waals surface area contributed by atoms with E-state index in [4.69, 9.17) is 4.74 Å². The number of fused-ring (bicyclic) bond motifs is 1. The number of nitrogens with one attached hydrogen (secondary N) is 1. The number of carbonyl (C=O) groups is 1. The number of aromatic carboxylic acids is 1. The molecule has 0 aliphatic carbocycles. The smallest absolute Gasteiger partial charge is 0.352 e. The lowest BCUT2D eigenvalue weighted by Gasteiger charge is -2.16. The number of rotatable bonds is 4. The van der Waals surface area contributed by atoms with Crippen LogP contribution < -0.4 is 10.3 Å². The number of para-hydroxylation sites is 1. The Morgan fingerprint density at radius 2 is 1.77 bits per heavy atom. The minimum absolute atomic E-state index is 0.0711. The van der Waals surface area contributed by atoms with Crippen LogP contribution >= 0.6 is 0 Å². The fourth-order valence-corrected chi connectivity index (χ4v) is 3.61. The van der Waals surface area contributed by atoms with E-state index in [0.717, 1.165) is 0 Å². The molecule has 2 N–H and O–H groups in total. The van der Waals surface area contributed by atoms with Gasteiger partial charge in [-0.3, -0.25) is 4.79 Å². The van der Waals surface area contributed by atoms with Crippen molar-refractivity contribution in [1.82, 2.24) is 9.55 Å². The molecule has 2 heterocycles. The molecule has 6 nitrogen and oxygen atoms in total. The summed E-state index contributed by atoms with van der Waals surface area (Å²) in [6, 6.07) is 11.5. The molecule has 0 radical (unpaired) electrons. The highest BCUT2D eigenvalue weighted by Gasteiger charge is 2.18. The van der Waals surface area contributed by atoms with Crippen LogP contribution in [0.25, 0.3) is 22.0 Å². The van der Waals surface area contributed by atoms with Crippen molar-refractivity contribution in [3.8, 4) is 22.6 Å². The molecule has 2 aromatic carbocycles. The lowest BCUT2D eigenvalue weighted by molar-refractivity contribution is 0.0691. The number of halogens is 1. The summed E-state index contributed by atoms with van der Waals surface area (Å²) >= 11 is 0. The Hall–Kier alpha value is -3.87. The third kappa shape index (κ3) is 3.24. The first-order valence-corrected chi connectivity index (χ1v) is 9.26. The number of nitrogens with zero attached hydrogens (tertiary/aromatic N) is 1. The van der Waals surface area contributed by atoms with E-state index in [-0.39, 0.29) is 22.6 Å². The highest BCUT2D eigenvalue weighted by atomic mass is 19.1. The summed E-state index contributed by atoms with van der Waals surface area (Å²) in [4.78, 5) is 26.6. The zero-order valence-electron chi connectivity index (χ0n) is 16.6. The highest BCUT2D eigenvalue weighted by Crippen LogP contribution is 2.38. The molecule has 4 rings (SSSR count). The van der Waals surface area contributed by atoms with Crippen LogP contribution in [0.2, 0.25) is 0 Å². The Morgan fingerprint density at radius 3 is 2.43 bits per heavy atom. The Labute approximate surface area is 171 Å². The molecule has 0 aliphatic heterocycles. The lowest BCUT2D eigenvalue weighted by atomic mass is 10.0. The van der Waals surface area contributed by atoms with Crippen LogP contribution in [0.4, 0.5) is 4.39 Å². The van der Waals surface area contributed by atoms with Gasteiger partial charge >= 0.3 is 5.97 Å². The van der Waals surface area contributed by atoms with E-state index in [9.17, 15) is 19.1 Å². The molecular formula is C23H19FN2O4. The van der Waals surface area contributed by atoms with Gasteiger partial charge in [-0.05, 0) is 49.2 Å². The van der Waals surface area contributed by atoms with Gasteiger partial charge in [0, 0.05) is 29.8 Å². The fraction of sp³-hybridized carbons (Fsp3) is 0.130. The molecular weight excluding hydrogens is 387 g/mol. The van der Waals surface area contributed by atoms with Crippen LogP contribution in [-0.2, 0) is 7.05 Å². The van der Waals surface area contributed by atoms with Crippen molar-refractivity contribution in [2.45, 2.75) is 13.8 Å². The zero-order valence-corrected chi connectivity index (χ0v) is 16.6. The van der Waals surface area contributed by atoms with Crippen LogP contribution in [0.5, 0.6) is 11.5 Å². The number of carboxylic acids is 1. The standard InChI is InChI=1S/C23H19FN2O4/c1-12-8-14(24)9-13(2)21(12)30-19-7-5-4-6-15(19)17-11-26(3)22(27)20-16(17)10-18(25-20)23(28)29/h4-11,25H,1-3H3,(H,28,29). The first-order chi connectivity index (χ1) is 14.3. The molecule has 7 heteroatoms. The fourth-order valence-electron chi connectivity index (χ4n) is 3.61. The van der Waals surface area contributed by atoms with Gasteiger partial charge in [-0.25, -0.2) is 9.18 Å². The van der Waals surface area contributed by atoms with Gasteiger partial charge in [0.2, 0.25) is 0 Å². The Balaban J connectivity index is 1.94. The summed E-state index contributed by atoms with van der Waals surface area (Å²) in [5, 5.41) is 9.83. The summed E-state index contributed by atoms with van der Waals surface area (Å²) in [5.74, 6) is -0.432. The topological polar surface area (TPSA) is 84.3 Å². The van der Waals surface area contributed by atoms with Gasteiger partial charge in [-0.2, -0.15) is 0 Å². The van der Waals surface area contributed by atoms with Crippen LogP contribution in [0.3, 0.4) is 0 Å². The van der Waals surface area contributed by atoms with Crippen molar-refractivity contribution in [3.63, 3.8) is 0 Å². The molecule has 0 bridgehead atoms. The van der Waals surface area contributed by atoms with Gasteiger partial charge in [-0.15, -0.1) is 0 Å². The second-order valence-corrected chi connectivity index (χ2v) is 7.20. The third-order valence-electron chi connectivity index (χ3n) is 5.01. The van der Waals surface area contributed by atoms with E-state index < -0.39 is 5.97 Å². The minimum Gasteiger partial charge on any atom is -0.477 e. The molecule has 0 fully saturated rings. The molecule has 30 heavy (non-hydrogen) atoms. The van der Waals surface area contributed by atoms with E-state index >= 15 is 0 Å². The number of H-pyrrole nitrogens is 1. The maximum atomic E-state index is 13.7. The van der Waals surface area contributed by atoms with Crippen LogP contribution in [-0.4, -0.2) is 20.6 Å². The van der Waals surface area contributed by atoms with Gasteiger partial charge < -0.3 is 19.4 Å². The molecule has 0 atom stereocenters. The predicted octanol–water partition coefficient (Wildman–Crippen LogP) is 4.78. The number of hydrogen-bond acceptors (Lipinski definition) is 3. The van der Waals surface area contributed by atoms with Crippen LogP contribution in [0.15, 0.2) is 53.5 Å². The van der Waals surface area contributed by atoms with E-state index in [1.165, 1.54) is 22.8 Å². The normalized spacial score (nSPS) is 11.1. The molecule has 0 spiro atoms. The number of pyridine rings is 1. The predicted molar refractivity (Wildman–Crippen MR) is 112 cm³/mol. The molecule has 4 aromatic rings. The van der Waals surface area contributed by atoms with Crippen LogP contribution in [0, 0.1) is 19.7 Å². The second-order valence-electron chi connectivity index (χ2n) is 7.20. The Bertz CT molecular complexity index is 1340. The first kappa shape index (κ1) is 19.4. The van der Waals surface area contributed by atoms with E-state index in [0.29, 0.717) is 39.1 Å². The van der Waals surface area contributed by atoms with E-state index in [1.54, 1.807) is 33.2 Å². The maximum absolute atomic E-state index is 13.7. The van der Waals surface area contributed by atoms with Gasteiger partial charge in [0.05, 0.1) is 0 Å². The van der Waals surface area contributed by atoms with Crippen molar-refractivity contribution in [1.29, 1.82) is 0 Å². The Morgan fingerprint density at radius 1 is 1.10 bits per heavy atom. The number of carboxylic acid groups (broad SMARTS) is 1. The number of benzene rings is 2. The van der Waals surface area contributed by atoms with Crippen molar-refractivity contribution in [2.24, 2.45) is 7.05 Å². The summed E-state index contributed by atoms with van der Waals surface area (Å²) in [7, 11) is 1.60. The van der Waals surface area contributed by atoms with Gasteiger partial charge in [-0.1, -0.05) is 18.2 Å². The monoisotopic (exact) mass is 406 g/mol. The quantitative estimate of drug-likeness (QED) is 0.511. The zero-order chi connectivity index (χ0) is 21.6. The van der Waals surface area contributed by atoms with Gasteiger partial charge in [0.1, 0.15) is 28.5 Å². The molecule has 0 unspecified atom stereocenters. The summed E-state index contributed by atoms with van der Waals surface area (Å²) in [6.45, 7) is 3.54. The summed E-state index contributed by atoms with van der Waals surface area (Å²) < 4.78 is 21.2. The Kier molecular flexibility index (Phi) is 4.66. The van der Waals surface area contributed by atoms with Crippen LogP contribution in [0.1, 0.15) is 21.6 Å². The molecule has 0 aliphatic rings. The van der Waals surface area contributed by atoms with E-state index in [2.05, 4.69) is 4.98 Å². The SMILES string of the molecule is Cc1cc(F)cc(C)c1Oc1ccccc1-c1cn(C)c(=O)c2[nH]c(C(=O)O)cc12. The number of aryl methyl sites for hydroxylation is 3. The maximum Gasteiger partial charge on any atom is 0.352 e. The summed E-state index contributed by atoms with van der Waals surface area (Å²) in [5.41, 5.74) is 2.44. The largest absolute Gasteiger partial charge is 0.477 e. The molecule has 0 saturated heterocycles. The minimum atomic E-state index is -1.15. The third-order valence-corrected chi connectivity index (χ3v) is 5.01. The molecule has 2 aromatic heterocycles. The average molecular weight is 406 g/mol. The number of aromatic nitrogens is 2. The average Bonchev–Trinajstić information content (AvgIpc) is 3.14. The van der Waals surface area contributed by atoms with E-state index in [1.807, 2.05) is 18.2 Å². The number of hydrogen-bond donors (Lipinski definition) is 2. The van der Waals surface area contributed by atoms with Crippen molar-refractivity contribution in [3.05, 3.63) is 81.7 Å². The molecule has 0 saturated carbocycles. The highest BCUT2D eigenvalue weighted by molar-refractivity contribution is 6.01. The number of ether oxygens (including phenoxy) is 1. The van der Waals surface area contributed by atoms with Crippen molar-refractivity contribution >= 4 is 16.9 Å².